The molecule has 0 heterocycles. The van der Waals surface area contributed by atoms with Gasteiger partial charge in [-0.2, -0.15) is 0 Å². The smallest absolute Gasteiger partial charge is 0.144 e. The molecular weight excluding hydrogens is 479 g/mol. The van der Waals surface area contributed by atoms with E-state index >= 15 is 0 Å². The Hall–Kier alpha value is -2.17. The van der Waals surface area contributed by atoms with Crippen LogP contribution in [0.25, 0.3) is 0 Å². The lowest BCUT2D eigenvalue weighted by Crippen LogP contribution is -2.36. The van der Waals surface area contributed by atoms with E-state index in [9.17, 15) is 0 Å². The summed E-state index contributed by atoms with van der Waals surface area (Å²) in [6.45, 7) is 2.20. The highest BCUT2D eigenvalue weighted by atomic mass is 127. The third-order valence-electron chi connectivity index (χ3n) is 5.13. The molecule has 1 unspecified atom stereocenters. The maximum absolute atomic E-state index is 7.10. The van der Waals surface area contributed by atoms with Crippen LogP contribution in [0.4, 0.5) is 0 Å². The minimum Gasteiger partial charge on any atom is -0.353 e. The van der Waals surface area contributed by atoms with Crippen molar-refractivity contribution in [3.8, 4) is 0 Å². The van der Waals surface area contributed by atoms with Crippen molar-refractivity contribution in [1.29, 1.82) is 0 Å². The Morgan fingerprint density at radius 3 is 1.63 bits per heavy atom. The second-order valence-corrected chi connectivity index (χ2v) is 7.97. The van der Waals surface area contributed by atoms with Crippen LogP contribution < -0.4 is 0 Å². The topological polar surface area (TPSA) is 9.23 Å². The van der Waals surface area contributed by atoms with Gasteiger partial charge < -0.3 is 4.74 Å². The molecule has 3 rings (SSSR count). The molecule has 0 N–H and O–H groups in total. The largest absolute Gasteiger partial charge is 0.353 e. The first-order chi connectivity index (χ1) is 14.8. The lowest BCUT2D eigenvalue weighted by atomic mass is 9.80. The van der Waals surface area contributed by atoms with Gasteiger partial charge in [-0.3, -0.25) is 0 Å². The normalized spacial score (nSPS) is 13.1. The highest BCUT2D eigenvalue weighted by Crippen LogP contribution is 2.41. The molecule has 0 aromatic heterocycles. The predicted molar refractivity (Wildman–Crippen MR) is 136 cm³/mol. The van der Waals surface area contributed by atoms with E-state index in [0.29, 0.717) is 0 Å². The van der Waals surface area contributed by atoms with Crippen molar-refractivity contribution in [3.63, 3.8) is 0 Å². The molecule has 0 spiro atoms. The van der Waals surface area contributed by atoms with Gasteiger partial charge in [0, 0.05) is 0 Å². The van der Waals surface area contributed by atoms with Crippen LogP contribution >= 0.6 is 22.6 Å². The Bertz CT molecular complexity index is 820. The molecule has 2 heteroatoms. The molecule has 0 bridgehead atoms. The van der Waals surface area contributed by atoms with Crippen molar-refractivity contribution in [2.75, 3.05) is 0 Å². The lowest BCUT2D eigenvalue weighted by molar-refractivity contribution is -0.0229. The van der Waals surface area contributed by atoms with Crippen molar-refractivity contribution in [2.24, 2.45) is 0 Å². The van der Waals surface area contributed by atoms with Crippen LogP contribution in [-0.2, 0) is 10.3 Å². The molecule has 1 nitrogen and oxygen atoms in total. The van der Waals surface area contributed by atoms with E-state index in [-0.39, 0.29) is 6.10 Å². The summed E-state index contributed by atoms with van der Waals surface area (Å²) >= 11 is 2.28. The maximum Gasteiger partial charge on any atom is 0.144 e. The summed E-state index contributed by atoms with van der Waals surface area (Å²) in [6, 6.07) is 31.7. The van der Waals surface area contributed by atoms with E-state index < -0.39 is 5.60 Å². The first kappa shape index (κ1) is 22.5. The summed E-state index contributed by atoms with van der Waals surface area (Å²) in [5.41, 5.74) is 2.71. The molecule has 0 fully saturated rings. The number of allylic oxidation sites excluding steroid dienone is 1. The molecule has 3 aromatic rings. The zero-order valence-electron chi connectivity index (χ0n) is 17.5. The van der Waals surface area contributed by atoms with Crippen molar-refractivity contribution in [1.82, 2.24) is 0 Å². The fraction of sp³-hybridized carbons (Fsp3) is 0.214. The number of rotatable bonds is 10. The summed E-state index contributed by atoms with van der Waals surface area (Å²) in [5, 5.41) is 0. The maximum atomic E-state index is 7.10. The molecular formula is C28H29IO. The van der Waals surface area contributed by atoms with Gasteiger partial charge in [-0.15, -0.1) is 0 Å². The Labute approximate surface area is 194 Å². The van der Waals surface area contributed by atoms with Crippen LogP contribution in [0.15, 0.2) is 113 Å². The van der Waals surface area contributed by atoms with Crippen molar-refractivity contribution >= 4 is 22.6 Å². The van der Waals surface area contributed by atoms with Crippen LogP contribution in [-0.4, -0.2) is 6.10 Å². The van der Waals surface area contributed by atoms with E-state index in [1.807, 2.05) is 0 Å². The number of unbranched alkanes of at least 4 members (excludes halogenated alkanes) is 1. The summed E-state index contributed by atoms with van der Waals surface area (Å²) < 4.78 is 9.17. The third-order valence-corrected chi connectivity index (χ3v) is 5.64. The molecule has 154 valence electrons. The molecule has 0 aliphatic carbocycles. The summed E-state index contributed by atoms with van der Waals surface area (Å²) in [6.07, 6.45) is 9.63. The molecule has 0 aliphatic heterocycles. The SMILES string of the molecule is CCC/C=C/C(C/C=C/I)OC(c1ccccc1)(c1ccccc1)c1ccccc1. The monoisotopic (exact) mass is 508 g/mol. The van der Waals surface area contributed by atoms with E-state index in [0.717, 1.165) is 36.0 Å². The van der Waals surface area contributed by atoms with Gasteiger partial charge in [-0.25, -0.2) is 0 Å². The van der Waals surface area contributed by atoms with Gasteiger partial charge in [0.05, 0.1) is 6.10 Å². The predicted octanol–water partition coefficient (Wildman–Crippen LogP) is 8.06. The van der Waals surface area contributed by atoms with E-state index in [1.165, 1.54) is 0 Å². The molecule has 0 amide bonds. The van der Waals surface area contributed by atoms with Crippen LogP contribution in [0.2, 0.25) is 0 Å². The Balaban J connectivity index is 2.19. The van der Waals surface area contributed by atoms with Gasteiger partial charge in [0.2, 0.25) is 0 Å². The average molecular weight is 508 g/mol. The number of hydrogen-bond acceptors (Lipinski definition) is 1. The van der Waals surface area contributed by atoms with Gasteiger partial charge in [0.25, 0.3) is 0 Å². The van der Waals surface area contributed by atoms with Crippen LogP contribution in [0.3, 0.4) is 0 Å². The summed E-state index contributed by atoms with van der Waals surface area (Å²) in [5.74, 6) is 0. The Morgan fingerprint density at radius 2 is 1.23 bits per heavy atom. The quantitative estimate of drug-likeness (QED) is 0.153. The van der Waals surface area contributed by atoms with E-state index in [2.05, 4.69) is 143 Å². The average Bonchev–Trinajstić information content (AvgIpc) is 2.82. The van der Waals surface area contributed by atoms with Crippen molar-refractivity contribution in [3.05, 3.63) is 130 Å². The van der Waals surface area contributed by atoms with Gasteiger partial charge in [-0.1, -0.05) is 145 Å². The fourth-order valence-corrected chi connectivity index (χ4v) is 4.01. The van der Waals surface area contributed by atoms with E-state index in [4.69, 9.17) is 4.74 Å². The summed E-state index contributed by atoms with van der Waals surface area (Å²) in [4.78, 5) is 0. The second-order valence-electron chi connectivity index (χ2n) is 7.25. The standard InChI is InChI=1S/C28H29IO/c1-2-3-7-21-27(22-14-23-29)30-28(24-15-8-4-9-16-24,25-17-10-5-11-18-25)26-19-12-6-13-20-26/h4-21,23,27H,2-3,22H2,1H3/b21-7+,23-14+. The number of halogens is 1. The molecule has 3 aromatic carbocycles. The zero-order valence-corrected chi connectivity index (χ0v) is 19.6. The highest BCUT2D eigenvalue weighted by Gasteiger charge is 2.39. The highest BCUT2D eigenvalue weighted by molar-refractivity contribution is 14.1. The Kier molecular flexibility index (Phi) is 8.91. The minimum atomic E-state index is -0.690. The van der Waals surface area contributed by atoms with E-state index in [1.54, 1.807) is 0 Å². The molecule has 30 heavy (non-hydrogen) atoms. The number of benzene rings is 3. The molecule has 1 atom stereocenters. The second kappa shape index (κ2) is 11.9. The zero-order chi connectivity index (χ0) is 21.1. The van der Waals surface area contributed by atoms with Crippen molar-refractivity contribution < 1.29 is 4.74 Å². The first-order valence-electron chi connectivity index (χ1n) is 10.6. The van der Waals surface area contributed by atoms with Crippen LogP contribution in [0, 0.1) is 0 Å². The number of ether oxygens (including phenoxy) is 1. The van der Waals surface area contributed by atoms with Crippen molar-refractivity contribution in [2.45, 2.75) is 37.9 Å². The molecule has 0 saturated heterocycles. The van der Waals surface area contributed by atoms with Gasteiger partial charge in [0.15, 0.2) is 0 Å². The molecule has 0 saturated carbocycles. The molecule has 0 radical (unpaired) electrons. The Morgan fingerprint density at radius 1 is 0.767 bits per heavy atom. The summed E-state index contributed by atoms with van der Waals surface area (Å²) in [7, 11) is 0. The van der Waals surface area contributed by atoms with Gasteiger partial charge in [-0.05, 0) is 33.6 Å². The van der Waals surface area contributed by atoms with Crippen LogP contribution in [0.1, 0.15) is 42.9 Å². The van der Waals surface area contributed by atoms with Gasteiger partial charge >= 0.3 is 0 Å². The fourth-order valence-electron chi connectivity index (χ4n) is 3.72. The van der Waals surface area contributed by atoms with Crippen LogP contribution in [0.5, 0.6) is 0 Å². The number of hydrogen-bond donors (Lipinski definition) is 0. The lowest BCUT2D eigenvalue weighted by Gasteiger charge is -2.38. The first-order valence-corrected chi connectivity index (χ1v) is 11.8. The third kappa shape index (κ3) is 5.50. The molecule has 0 aliphatic rings. The van der Waals surface area contributed by atoms with Gasteiger partial charge in [0.1, 0.15) is 5.60 Å². The minimum absolute atomic E-state index is 0.0387.